The van der Waals surface area contributed by atoms with E-state index >= 15 is 0 Å². The second-order valence-electron chi connectivity index (χ2n) is 5.71. The van der Waals surface area contributed by atoms with E-state index in [1.165, 1.54) is 12.8 Å². The van der Waals surface area contributed by atoms with Crippen molar-refractivity contribution in [1.82, 2.24) is 0 Å². The first-order chi connectivity index (χ1) is 10.3. The van der Waals surface area contributed by atoms with Crippen LogP contribution in [-0.2, 0) is 6.61 Å². The topological polar surface area (TPSA) is 26.3 Å². The first kappa shape index (κ1) is 13.9. The Hall–Kier alpha value is -2.09. The Balaban J connectivity index is 1.58. The normalized spacial score (nSPS) is 13.9. The minimum Gasteiger partial charge on any atom is -0.489 e. The predicted octanol–water partition coefficient (Wildman–Crippen LogP) is 4.64. The molecule has 0 bridgehead atoms. The number of ether oxygens (including phenoxy) is 1. The Morgan fingerprint density at radius 1 is 1.05 bits per heavy atom. The summed E-state index contributed by atoms with van der Waals surface area (Å²) in [5.74, 6) is 1.79. The quantitative estimate of drug-likeness (QED) is 0.691. The zero-order valence-electron chi connectivity index (χ0n) is 12.1. The number of benzene rings is 2. The Morgan fingerprint density at radius 2 is 1.86 bits per heavy atom. The van der Waals surface area contributed by atoms with Gasteiger partial charge in [-0.3, -0.25) is 4.79 Å². The third-order valence-corrected chi connectivity index (χ3v) is 3.88. The monoisotopic (exact) mass is 280 g/mol. The van der Waals surface area contributed by atoms with Gasteiger partial charge in [0.05, 0.1) is 0 Å². The lowest BCUT2D eigenvalue weighted by atomic mass is 10.0. The highest BCUT2D eigenvalue weighted by atomic mass is 16.5. The molecule has 0 amide bonds. The van der Waals surface area contributed by atoms with Crippen molar-refractivity contribution >= 4 is 5.78 Å². The fourth-order valence-corrected chi connectivity index (χ4v) is 2.39. The number of carbonyl (C=O) groups excluding carboxylic acids is 1. The van der Waals surface area contributed by atoms with Gasteiger partial charge in [-0.2, -0.15) is 0 Å². The summed E-state index contributed by atoms with van der Waals surface area (Å²) >= 11 is 0. The van der Waals surface area contributed by atoms with E-state index < -0.39 is 0 Å². The number of ketones is 1. The molecule has 1 aliphatic carbocycles. The predicted molar refractivity (Wildman–Crippen MR) is 83.5 cm³/mol. The number of carbonyl (C=O) groups is 1. The molecule has 2 heteroatoms. The van der Waals surface area contributed by atoms with Gasteiger partial charge in [-0.25, -0.2) is 0 Å². The molecule has 1 fully saturated rings. The molecule has 0 aliphatic heterocycles. The fourth-order valence-electron chi connectivity index (χ4n) is 2.39. The van der Waals surface area contributed by atoms with Crippen LogP contribution in [0.15, 0.2) is 54.6 Å². The molecule has 0 atom stereocenters. The molecule has 0 spiro atoms. The molecule has 1 aliphatic rings. The van der Waals surface area contributed by atoms with Gasteiger partial charge in [0.15, 0.2) is 5.78 Å². The van der Waals surface area contributed by atoms with Gasteiger partial charge in [0.1, 0.15) is 12.4 Å². The van der Waals surface area contributed by atoms with Crippen molar-refractivity contribution in [3.05, 3.63) is 65.7 Å². The molecule has 3 rings (SSSR count). The molecular formula is C19H20O2. The van der Waals surface area contributed by atoms with Crippen LogP contribution in [0.5, 0.6) is 5.75 Å². The second-order valence-corrected chi connectivity index (χ2v) is 5.71. The van der Waals surface area contributed by atoms with Crippen molar-refractivity contribution in [3.8, 4) is 5.75 Å². The lowest BCUT2D eigenvalue weighted by Crippen LogP contribution is -2.01. The van der Waals surface area contributed by atoms with Crippen LogP contribution in [0.4, 0.5) is 0 Å². The highest BCUT2D eigenvalue weighted by molar-refractivity contribution is 5.96. The first-order valence-corrected chi connectivity index (χ1v) is 7.61. The van der Waals surface area contributed by atoms with Crippen LogP contribution in [0.3, 0.4) is 0 Å². The highest BCUT2D eigenvalue weighted by Crippen LogP contribution is 2.34. The summed E-state index contributed by atoms with van der Waals surface area (Å²) < 4.78 is 5.77. The van der Waals surface area contributed by atoms with E-state index in [1.807, 2.05) is 54.6 Å². The molecule has 0 heterocycles. The second kappa shape index (κ2) is 6.57. The summed E-state index contributed by atoms with van der Waals surface area (Å²) in [6.07, 6.45) is 4.29. The van der Waals surface area contributed by atoms with E-state index in [9.17, 15) is 4.79 Å². The minimum absolute atomic E-state index is 0.229. The van der Waals surface area contributed by atoms with E-state index in [4.69, 9.17) is 4.74 Å². The third kappa shape index (κ3) is 4.19. The SMILES string of the molecule is O=C(CCC1CC1)c1cccc(OCc2ccccc2)c1. The Bertz CT molecular complexity index is 600. The smallest absolute Gasteiger partial charge is 0.163 e. The van der Waals surface area contributed by atoms with Crippen LogP contribution in [0.25, 0.3) is 0 Å². The molecule has 2 nitrogen and oxygen atoms in total. The van der Waals surface area contributed by atoms with Crippen molar-refractivity contribution in [2.24, 2.45) is 5.92 Å². The van der Waals surface area contributed by atoms with Crippen molar-refractivity contribution in [1.29, 1.82) is 0 Å². The maximum atomic E-state index is 12.1. The zero-order valence-corrected chi connectivity index (χ0v) is 12.1. The number of hydrogen-bond acceptors (Lipinski definition) is 2. The maximum Gasteiger partial charge on any atom is 0.163 e. The molecular weight excluding hydrogens is 260 g/mol. The Kier molecular flexibility index (Phi) is 4.34. The summed E-state index contributed by atoms with van der Waals surface area (Å²) in [7, 11) is 0. The standard InChI is InChI=1S/C19H20O2/c20-19(12-11-15-9-10-15)17-7-4-8-18(13-17)21-14-16-5-2-1-3-6-16/h1-8,13,15H,9-12,14H2. The molecule has 0 radical (unpaired) electrons. The van der Waals surface area contributed by atoms with Crippen LogP contribution in [0, 0.1) is 5.92 Å². The molecule has 0 aromatic heterocycles. The average molecular weight is 280 g/mol. The van der Waals surface area contributed by atoms with Crippen LogP contribution in [-0.4, -0.2) is 5.78 Å². The van der Waals surface area contributed by atoms with E-state index in [0.29, 0.717) is 13.0 Å². The average Bonchev–Trinajstić information content (AvgIpc) is 3.36. The van der Waals surface area contributed by atoms with Crippen molar-refractivity contribution in [3.63, 3.8) is 0 Å². The summed E-state index contributed by atoms with van der Waals surface area (Å²) in [4.78, 5) is 12.1. The van der Waals surface area contributed by atoms with Crippen LogP contribution in [0.1, 0.15) is 41.6 Å². The highest BCUT2D eigenvalue weighted by Gasteiger charge is 2.22. The lowest BCUT2D eigenvalue weighted by molar-refractivity contribution is 0.0977. The number of hydrogen-bond donors (Lipinski definition) is 0. The maximum absolute atomic E-state index is 12.1. The van der Waals surface area contributed by atoms with Gasteiger partial charge >= 0.3 is 0 Å². The molecule has 2 aromatic rings. The molecule has 0 saturated heterocycles. The van der Waals surface area contributed by atoms with Crippen LogP contribution >= 0.6 is 0 Å². The minimum atomic E-state index is 0.229. The number of Topliss-reactive ketones (excluding diaryl/α,β-unsaturated/α-hetero) is 1. The summed E-state index contributed by atoms with van der Waals surface area (Å²) in [6.45, 7) is 0.528. The van der Waals surface area contributed by atoms with Crippen LogP contribution < -0.4 is 4.74 Å². The summed E-state index contributed by atoms with van der Waals surface area (Å²) in [5.41, 5.74) is 1.89. The summed E-state index contributed by atoms with van der Waals surface area (Å²) in [5, 5.41) is 0. The third-order valence-electron chi connectivity index (χ3n) is 3.88. The zero-order chi connectivity index (χ0) is 14.5. The van der Waals surface area contributed by atoms with E-state index in [1.54, 1.807) is 0 Å². The van der Waals surface area contributed by atoms with E-state index in [2.05, 4.69) is 0 Å². The van der Waals surface area contributed by atoms with Gasteiger partial charge in [0, 0.05) is 12.0 Å². The molecule has 0 N–H and O–H groups in total. The van der Waals surface area contributed by atoms with E-state index in [0.717, 1.165) is 29.2 Å². The Labute approximate surface area is 125 Å². The molecule has 2 aromatic carbocycles. The molecule has 108 valence electrons. The van der Waals surface area contributed by atoms with Gasteiger partial charge in [-0.1, -0.05) is 55.3 Å². The Morgan fingerprint density at radius 3 is 2.62 bits per heavy atom. The summed E-state index contributed by atoms with van der Waals surface area (Å²) in [6, 6.07) is 17.6. The number of rotatable bonds is 7. The first-order valence-electron chi connectivity index (χ1n) is 7.61. The van der Waals surface area contributed by atoms with E-state index in [-0.39, 0.29) is 5.78 Å². The van der Waals surface area contributed by atoms with Crippen molar-refractivity contribution in [2.45, 2.75) is 32.3 Å². The molecule has 1 saturated carbocycles. The van der Waals surface area contributed by atoms with Crippen molar-refractivity contribution in [2.75, 3.05) is 0 Å². The van der Waals surface area contributed by atoms with Gasteiger partial charge in [0.2, 0.25) is 0 Å². The molecule has 21 heavy (non-hydrogen) atoms. The van der Waals surface area contributed by atoms with Gasteiger partial charge < -0.3 is 4.74 Å². The van der Waals surface area contributed by atoms with Gasteiger partial charge in [-0.15, -0.1) is 0 Å². The lowest BCUT2D eigenvalue weighted by Gasteiger charge is -2.08. The fraction of sp³-hybridized carbons (Fsp3) is 0.316. The van der Waals surface area contributed by atoms with Gasteiger partial charge in [0.25, 0.3) is 0 Å². The largest absolute Gasteiger partial charge is 0.489 e. The van der Waals surface area contributed by atoms with Crippen molar-refractivity contribution < 1.29 is 9.53 Å². The van der Waals surface area contributed by atoms with Gasteiger partial charge in [-0.05, 0) is 30.0 Å². The van der Waals surface area contributed by atoms with Crippen LogP contribution in [0.2, 0.25) is 0 Å². The molecule has 0 unspecified atom stereocenters.